The van der Waals surface area contributed by atoms with E-state index < -0.39 is 10.1 Å². The van der Waals surface area contributed by atoms with Crippen molar-refractivity contribution in [1.29, 1.82) is 0 Å². The molecule has 0 aliphatic rings. The van der Waals surface area contributed by atoms with Crippen LogP contribution in [0.5, 0.6) is 0 Å². The Labute approximate surface area is 133 Å². The molecule has 1 N–H and O–H groups in total. The number of unbranched alkanes of at least 4 members (excludes halogenated alkanes) is 2. The average Bonchev–Trinajstić information content (AvgIpc) is 2.49. The molecule has 22 heavy (non-hydrogen) atoms. The topological polar surface area (TPSA) is 54.4 Å². The molecule has 0 unspecified atom stereocenters. The monoisotopic (exact) mass is 320 g/mol. The molecular weight excluding hydrogens is 296 g/mol. The lowest BCUT2D eigenvalue weighted by atomic mass is 9.93. The van der Waals surface area contributed by atoms with Crippen LogP contribution in [0.15, 0.2) is 35.2 Å². The van der Waals surface area contributed by atoms with Crippen molar-refractivity contribution in [3.63, 3.8) is 0 Å². The molecule has 0 aliphatic carbocycles. The third-order valence-electron chi connectivity index (χ3n) is 4.05. The van der Waals surface area contributed by atoms with Crippen molar-refractivity contribution >= 4 is 20.9 Å². The summed E-state index contributed by atoms with van der Waals surface area (Å²) in [4.78, 5) is 0.0670. The van der Waals surface area contributed by atoms with Gasteiger partial charge < -0.3 is 0 Å². The highest BCUT2D eigenvalue weighted by Gasteiger charge is 2.19. The van der Waals surface area contributed by atoms with Crippen molar-refractivity contribution < 1.29 is 13.0 Å². The van der Waals surface area contributed by atoms with Crippen molar-refractivity contribution in [2.75, 3.05) is 0 Å². The first-order valence-corrected chi connectivity index (χ1v) is 9.44. The second-order valence-corrected chi connectivity index (χ2v) is 7.13. The van der Waals surface area contributed by atoms with Gasteiger partial charge in [0.15, 0.2) is 0 Å². The summed E-state index contributed by atoms with van der Waals surface area (Å²) in [5.74, 6) is 0. The first kappa shape index (κ1) is 17.0. The molecule has 0 atom stereocenters. The lowest BCUT2D eigenvalue weighted by molar-refractivity contribution is 0.482. The Bertz CT molecular complexity index is 748. The molecule has 0 bridgehead atoms. The van der Waals surface area contributed by atoms with Gasteiger partial charge in [-0.2, -0.15) is 8.42 Å². The molecule has 2 aromatic carbocycles. The lowest BCUT2D eigenvalue weighted by Crippen LogP contribution is -2.05. The highest BCUT2D eigenvalue weighted by atomic mass is 32.2. The van der Waals surface area contributed by atoms with Gasteiger partial charge in [-0.3, -0.25) is 4.55 Å². The summed E-state index contributed by atoms with van der Waals surface area (Å²) in [6, 6.07) is 9.43. The third kappa shape index (κ3) is 3.68. The second kappa shape index (κ2) is 7.25. The Morgan fingerprint density at radius 3 is 2.27 bits per heavy atom. The van der Waals surface area contributed by atoms with Gasteiger partial charge in [-0.05, 0) is 53.6 Å². The van der Waals surface area contributed by atoms with E-state index >= 15 is 0 Å². The zero-order chi connectivity index (χ0) is 16.2. The van der Waals surface area contributed by atoms with E-state index in [9.17, 15) is 13.0 Å². The van der Waals surface area contributed by atoms with Crippen molar-refractivity contribution in [2.45, 2.75) is 57.3 Å². The molecule has 0 heterocycles. The number of benzene rings is 2. The van der Waals surface area contributed by atoms with E-state index in [1.807, 2.05) is 12.1 Å². The molecule has 0 fully saturated rings. The van der Waals surface area contributed by atoms with Crippen molar-refractivity contribution in [3.8, 4) is 0 Å². The predicted molar refractivity (Wildman–Crippen MR) is 91.0 cm³/mol. The van der Waals surface area contributed by atoms with Crippen LogP contribution in [0, 0.1) is 0 Å². The number of hydrogen-bond acceptors (Lipinski definition) is 2. The first-order chi connectivity index (χ1) is 10.5. The maximum Gasteiger partial charge on any atom is 0.294 e. The Morgan fingerprint density at radius 1 is 0.955 bits per heavy atom. The van der Waals surface area contributed by atoms with Crippen molar-refractivity contribution in [1.82, 2.24) is 0 Å². The Morgan fingerprint density at radius 2 is 1.64 bits per heavy atom. The van der Waals surface area contributed by atoms with Crippen LogP contribution >= 0.6 is 0 Å². The van der Waals surface area contributed by atoms with Gasteiger partial charge in [0, 0.05) is 0 Å². The molecule has 0 saturated carbocycles. The summed E-state index contributed by atoms with van der Waals surface area (Å²) in [5, 5.41) is 2.06. The normalized spacial score (nSPS) is 12.0. The fourth-order valence-corrected chi connectivity index (χ4v) is 3.69. The van der Waals surface area contributed by atoms with Crippen LogP contribution in [0.25, 0.3) is 10.8 Å². The predicted octanol–water partition coefficient (Wildman–Crippen LogP) is 4.77. The molecule has 4 heteroatoms. The van der Waals surface area contributed by atoms with Crippen LogP contribution in [0.2, 0.25) is 0 Å². The minimum absolute atomic E-state index is 0.0670. The smallest absolute Gasteiger partial charge is 0.282 e. The average molecular weight is 320 g/mol. The van der Waals surface area contributed by atoms with Crippen LogP contribution < -0.4 is 0 Å². The fourth-order valence-electron chi connectivity index (χ4n) is 2.94. The summed E-state index contributed by atoms with van der Waals surface area (Å²) in [7, 11) is -4.19. The van der Waals surface area contributed by atoms with Crippen LogP contribution in [0.4, 0.5) is 0 Å². The maximum absolute atomic E-state index is 11.7. The zero-order valence-electron chi connectivity index (χ0n) is 13.3. The number of hydrogen-bond donors (Lipinski definition) is 1. The van der Waals surface area contributed by atoms with Gasteiger partial charge in [-0.25, -0.2) is 0 Å². The van der Waals surface area contributed by atoms with E-state index in [1.54, 1.807) is 6.07 Å². The van der Waals surface area contributed by atoms with Crippen LogP contribution in [0.3, 0.4) is 0 Å². The SMILES string of the molecule is CCCCc1cccc2ccc(S(=O)(=O)O)c(CCCC)c12. The zero-order valence-corrected chi connectivity index (χ0v) is 14.1. The number of aryl methyl sites for hydroxylation is 2. The maximum atomic E-state index is 11.7. The van der Waals surface area contributed by atoms with Crippen LogP contribution in [0.1, 0.15) is 50.7 Å². The van der Waals surface area contributed by atoms with Gasteiger partial charge in [0.25, 0.3) is 10.1 Å². The second-order valence-electron chi connectivity index (χ2n) is 5.74. The van der Waals surface area contributed by atoms with Gasteiger partial charge >= 0.3 is 0 Å². The van der Waals surface area contributed by atoms with E-state index in [0.717, 1.165) is 48.4 Å². The first-order valence-electron chi connectivity index (χ1n) is 8.00. The minimum atomic E-state index is -4.19. The van der Waals surface area contributed by atoms with Gasteiger partial charge in [0.05, 0.1) is 4.90 Å². The fraction of sp³-hybridized carbons (Fsp3) is 0.444. The van der Waals surface area contributed by atoms with Crippen LogP contribution in [-0.4, -0.2) is 13.0 Å². The number of rotatable bonds is 7. The van der Waals surface area contributed by atoms with E-state index in [2.05, 4.69) is 19.9 Å². The lowest BCUT2D eigenvalue weighted by Gasteiger charge is -2.15. The van der Waals surface area contributed by atoms with E-state index in [0.29, 0.717) is 6.42 Å². The van der Waals surface area contributed by atoms with Gasteiger partial charge in [0.1, 0.15) is 0 Å². The number of fused-ring (bicyclic) bond motifs is 1. The highest BCUT2D eigenvalue weighted by molar-refractivity contribution is 7.85. The van der Waals surface area contributed by atoms with Crippen molar-refractivity contribution in [2.24, 2.45) is 0 Å². The molecule has 0 radical (unpaired) electrons. The Balaban J connectivity index is 2.72. The molecule has 0 aromatic heterocycles. The van der Waals surface area contributed by atoms with Gasteiger partial charge in [0.2, 0.25) is 0 Å². The molecule has 2 aromatic rings. The molecule has 3 nitrogen and oxygen atoms in total. The summed E-state index contributed by atoms with van der Waals surface area (Å²) in [5.41, 5.74) is 1.95. The highest BCUT2D eigenvalue weighted by Crippen LogP contribution is 2.31. The summed E-state index contributed by atoms with van der Waals surface area (Å²) in [6.45, 7) is 4.23. The summed E-state index contributed by atoms with van der Waals surface area (Å²) >= 11 is 0. The van der Waals surface area contributed by atoms with Crippen molar-refractivity contribution in [3.05, 3.63) is 41.5 Å². The minimum Gasteiger partial charge on any atom is -0.282 e. The molecule has 2 rings (SSSR count). The third-order valence-corrected chi connectivity index (χ3v) is 4.99. The molecule has 0 spiro atoms. The van der Waals surface area contributed by atoms with Gasteiger partial charge in [-0.1, -0.05) is 51.0 Å². The molecule has 120 valence electrons. The molecule has 0 amide bonds. The molecule has 0 saturated heterocycles. The Hall–Kier alpha value is -1.39. The quantitative estimate of drug-likeness (QED) is 0.747. The van der Waals surface area contributed by atoms with E-state index in [4.69, 9.17) is 0 Å². The Kier molecular flexibility index (Phi) is 5.59. The summed E-state index contributed by atoms with van der Waals surface area (Å²) in [6.07, 6.45) is 5.66. The standard InChI is InChI=1S/C18H24O3S/c1-3-5-8-14-9-7-10-15-12-13-17(22(19,20)21)16(18(14)15)11-6-4-2/h7,9-10,12-13H,3-6,8,11H2,1-2H3,(H,19,20,21). The molecule has 0 aliphatic heterocycles. The van der Waals surface area contributed by atoms with E-state index in [-0.39, 0.29) is 4.90 Å². The molecular formula is C18H24O3S. The summed E-state index contributed by atoms with van der Waals surface area (Å²) < 4.78 is 33.1. The van der Waals surface area contributed by atoms with Gasteiger partial charge in [-0.15, -0.1) is 0 Å². The van der Waals surface area contributed by atoms with E-state index in [1.165, 1.54) is 11.6 Å². The van der Waals surface area contributed by atoms with Crippen LogP contribution in [-0.2, 0) is 23.0 Å². The largest absolute Gasteiger partial charge is 0.294 e.